The molecule has 0 unspecified atom stereocenters. The molecule has 3 aromatic carbocycles. The Hall–Kier alpha value is -3.56. The summed E-state index contributed by atoms with van der Waals surface area (Å²) >= 11 is 7.24. The number of rotatable bonds is 11. The van der Waals surface area contributed by atoms with Gasteiger partial charge in [-0.2, -0.15) is 0 Å². The third kappa shape index (κ3) is 6.56. The van der Waals surface area contributed by atoms with Crippen LogP contribution in [-0.4, -0.2) is 32.8 Å². The molecule has 4 aromatic rings. The van der Waals surface area contributed by atoms with Crippen molar-refractivity contribution < 1.29 is 14.4 Å². The van der Waals surface area contributed by atoms with Gasteiger partial charge in [0.2, 0.25) is 6.54 Å². The summed E-state index contributed by atoms with van der Waals surface area (Å²) in [6.45, 7) is 4.50. The molecule has 4 rings (SSSR count). The first-order valence-electron chi connectivity index (χ1n) is 11.3. The number of benzene rings is 3. The van der Waals surface area contributed by atoms with Crippen molar-refractivity contribution in [3.05, 3.63) is 105 Å². The summed E-state index contributed by atoms with van der Waals surface area (Å²) in [4.78, 5) is 11.2. The first-order valence-corrected chi connectivity index (χ1v) is 12.6. The number of thioether (sulfide) groups is 1. The summed E-state index contributed by atoms with van der Waals surface area (Å²) in [5.74, 6) is 2.13. The van der Waals surface area contributed by atoms with Crippen LogP contribution in [-0.2, 0) is 6.61 Å². The normalized spacial score (nSPS) is 11.8. The van der Waals surface area contributed by atoms with E-state index in [2.05, 4.69) is 10.2 Å². The molecule has 0 amide bonds. The second-order valence-corrected chi connectivity index (χ2v) is 9.50. The van der Waals surface area contributed by atoms with E-state index >= 15 is 0 Å². The van der Waals surface area contributed by atoms with Crippen LogP contribution < -0.4 is 9.47 Å². The standard InChI is InChI=1S/C26H25ClN4O4S/c1-3-34-23-14-10-22(11-15-23)31-18(2)28-29-26(31)36-25(16-30(32)33)20-6-12-24(13-7-20)35-17-19-4-8-21(27)9-5-19/h4-15,25H,3,16-17H2,1-2H3/t25-/m1/s1. The van der Waals surface area contributed by atoms with E-state index in [-0.39, 0.29) is 11.5 Å². The maximum atomic E-state index is 11.5. The molecular weight excluding hydrogens is 500 g/mol. The molecule has 1 heterocycles. The van der Waals surface area contributed by atoms with Gasteiger partial charge < -0.3 is 9.47 Å². The van der Waals surface area contributed by atoms with Crippen molar-refractivity contribution in [2.24, 2.45) is 0 Å². The predicted octanol–water partition coefficient (Wildman–Crippen LogP) is 6.32. The molecule has 0 spiro atoms. The van der Waals surface area contributed by atoms with E-state index < -0.39 is 5.25 Å². The molecule has 0 bridgehead atoms. The lowest BCUT2D eigenvalue weighted by molar-refractivity contribution is -0.479. The fourth-order valence-corrected chi connectivity index (χ4v) is 4.87. The van der Waals surface area contributed by atoms with E-state index in [0.29, 0.717) is 35.0 Å². The summed E-state index contributed by atoms with van der Waals surface area (Å²) in [5, 5.41) is 20.8. The van der Waals surface area contributed by atoms with Gasteiger partial charge in [0.05, 0.1) is 6.61 Å². The highest BCUT2D eigenvalue weighted by Gasteiger charge is 2.24. The predicted molar refractivity (Wildman–Crippen MR) is 140 cm³/mol. The van der Waals surface area contributed by atoms with Gasteiger partial charge in [0, 0.05) is 15.6 Å². The monoisotopic (exact) mass is 524 g/mol. The molecule has 0 aliphatic carbocycles. The molecule has 0 saturated carbocycles. The van der Waals surface area contributed by atoms with Gasteiger partial charge in [-0.1, -0.05) is 47.6 Å². The molecule has 0 fully saturated rings. The van der Waals surface area contributed by atoms with Crippen LogP contribution in [0.3, 0.4) is 0 Å². The second kappa shape index (κ2) is 11.9. The zero-order valence-corrected chi connectivity index (χ0v) is 21.4. The molecule has 0 aliphatic heterocycles. The Morgan fingerprint density at radius 3 is 2.25 bits per heavy atom. The van der Waals surface area contributed by atoms with Gasteiger partial charge in [0.15, 0.2) is 5.16 Å². The Kier molecular flexibility index (Phi) is 8.45. The van der Waals surface area contributed by atoms with Crippen LogP contribution >= 0.6 is 23.4 Å². The van der Waals surface area contributed by atoms with Crippen LogP contribution in [0.15, 0.2) is 78.0 Å². The number of hydrogen-bond donors (Lipinski definition) is 0. The van der Waals surface area contributed by atoms with Gasteiger partial charge in [0.25, 0.3) is 0 Å². The summed E-state index contributed by atoms with van der Waals surface area (Å²) in [5.41, 5.74) is 2.65. The quantitative estimate of drug-likeness (QED) is 0.129. The first kappa shape index (κ1) is 25.5. The zero-order chi connectivity index (χ0) is 25.5. The zero-order valence-electron chi connectivity index (χ0n) is 19.8. The lowest BCUT2D eigenvalue weighted by atomic mass is 10.1. The van der Waals surface area contributed by atoms with Gasteiger partial charge in [-0.3, -0.25) is 14.7 Å². The van der Waals surface area contributed by atoms with Crippen LogP contribution in [0.4, 0.5) is 0 Å². The Morgan fingerprint density at radius 2 is 1.61 bits per heavy atom. The van der Waals surface area contributed by atoms with E-state index in [1.54, 1.807) is 0 Å². The SMILES string of the molecule is CCOc1ccc(-n2c(C)nnc2S[C@H](C[N+](=O)[O-])c2ccc(OCc3ccc(Cl)cc3)cc2)cc1. The Bertz CT molecular complexity index is 1300. The highest BCUT2D eigenvalue weighted by Crippen LogP contribution is 2.36. The minimum absolute atomic E-state index is 0.259. The van der Waals surface area contributed by atoms with E-state index in [0.717, 1.165) is 22.6 Å². The van der Waals surface area contributed by atoms with Gasteiger partial charge in [-0.25, -0.2) is 0 Å². The van der Waals surface area contributed by atoms with Crippen LogP contribution in [0.2, 0.25) is 5.02 Å². The number of ether oxygens (including phenoxy) is 2. The molecule has 0 radical (unpaired) electrons. The van der Waals surface area contributed by atoms with Crippen molar-refractivity contribution in [1.29, 1.82) is 0 Å². The fourth-order valence-electron chi connectivity index (χ4n) is 3.57. The molecule has 0 saturated heterocycles. The molecule has 186 valence electrons. The minimum Gasteiger partial charge on any atom is -0.494 e. The van der Waals surface area contributed by atoms with Crippen molar-refractivity contribution in [1.82, 2.24) is 14.8 Å². The summed E-state index contributed by atoms with van der Waals surface area (Å²) in [7, 11) is 0. The van der Waals surface area contributed by atoms with E-state index in [9.17, 15) is 10.1 Å². The van der Waals surface area contributed by atoms with Crippen molar-refractivity contribution >= 4 is 23.4 Å². The average molecular weight is 525 g/mol. The highest BCUT2D eigenvalue weighted by molar-refractivity contribution is 7.99. The second-order valence-electron chi connectivity index (χ2n) is 7.90. The Morgan fingerprint density at radius 1 is 0.972 bits per heavy atom. The third-order valence-corrected chi connectivity index (χ3v) is 6.77. The van der Waals surface area contributed by atoms with Crippen molar-refractivity contribution in [2.45, 2.75) is 30.9 Å². The van der Waals surface area contributed by atoms with E-state index in [4.69, 9.17) is 21.1 Å². The average Bonchev–Trinajstić information content (AvgIpc) is 3.24. The van der Waals surface area contributed by atoms with Gasteiger partial charge in [-0.15, -0.1) is 10.2 Å². The first-order chi connectivity index (χ1) is 17.4. The van der Waals surface area contributed by atoms with Crippen LogP contribution in [0.25, 0.3) is 5.69 Å². The fraction of sp³-hybridized carbons (Fsp3) is 0.231. The molecule has 0 aliphatic rings. The number of aryl methyl sites for hydroxylation is 1. The molecule has 1 aromatic heterocycles. The van der Waals surface area contributed by atoms with E-state index in [1.165, 1.54) is 11.8 Å². The Balaban J connectivity index is 1.51. The molecule has 1 atom stereocenters. The minimum atomic E-state index is -0.463. The number of aromatic nitrogens is 3. The topological polar surface area (TPSA) is 92.3 Å². The molecule has 0 N–H and O–H groups in total. The number of nitrogens with zero attached hydrogens (tertiary/aromatic N) is 4. The van der Waals surface area contributed by atoms with Crippen molar-refractivity contribution in [3.63, 3.8) is 0 Å². The maximum Gasteiger partial charge on any atom is 0.220 e. The van der Waals surface area contributed by atoms with Crippen molar-refractivity contribution in [3.8, 4) is 17.2 Å². The van der Waals surface area contributed by atoms with Gasteiger partial charge in [0.1, 0.15) is 29.2 Å². The lowest BCUT2D eigenvalue weighted by Gasteiger charge is -2.15. The number of nitro groups is 1. The van der Waals surface area contributed by atoms with Crippen LogP contribution in [0, 0.1) is 17.0 Å². The van der Waals surface area contributed by atoms with Gasteiger partial charge in [-0.05, 0) is 73.5 Å². The Labute approximate surface area is 218 Å². The molecule has 36 heavy (non-hydrogen) atoms. The molecular formula is C26H25ClN4O4S. The molecule has 8 nitrogen and oxygen atoms in total. The maximum absolute atomic E-state index is 11.5. The van der Waals surface area contributed by atoms with Crippen molar-refractivity contribution in [2.75, 3.05) is 13.2 Å². The van der Waals surface area contributed by atoms with Gasteiger partial charge >= 0.3 is 0 Å². The van der Waals surface area contributed by atoms with E-state index in [1.807, 2.05) is 91.2 Å². The summed E-state index contributed by atoms with van der Waals surface area (Å²) in [6, 6.07) is 22.4. The summed E-state index contributed by atoms with van der Waals surface area (Å²) < 4.78 is 13.3. The number of hydrogen-bond acceptors (Lipinski definition) is 7. The van der Waals surface area contributed by atoms with Crippen LogP contribution in [0.5, 0.6) is 11.5 Å². The smallest absolute Gasteiger partial charge is 0.220 e. The number of halogens is 1. The highest BCUT2D eigenvalue weighted by atomic mass is 35.5. The largest absolute Gasteiger partial charge is 0.494 e. The lowest BCUT2D eigenvalue weighted by Crippen LogP contribution is -2.11. The third-order valence-electron chi connectivity index (χ3n) is 5.33. The summed E-state index contributed by atoms with van der Waals surface area (Å²) in [6.07, 6.45) is 0. The van der Waals surface area contributed by atoms with Crippen LogP contribution in [0.1, 0.15) is 29.1 Å². The molecule has 10 heteroatoms.